The molecule has 2 fully saturated rings. The van der Waals surface area contributed by atoms with Crippen LogP contribution in [0.2, 0.25) is 0 Å². The average Bonchev–Trinajstić information content (AvgIpc) is 2.12. The van der Waals surface area contributed by atoms with Crippen LogP contribution in [0.25, 0.3) is 0 Å². The van der Waals surface area contributed by atoms with Crippen LogP contribution in [0, 0.1) is 0 Å². The lowest BCUT2D eigenvalue weighted by Crippen LogP contribution is -2.55. The molecule has 0 saturated carbocycles. The van der Waals surface area contributed by atoms with Crippen LogP contribution in [0.15, 0.2) is 25.3 Å². The van der Waals surface area contributed by atoms with Gasteiger partial charge in [0, 0.05) is 12.8 Å². The van der Waals surface area contributed by atoms with E-state index in [2.05, 4.69) is 13.2 Å². The summed E-state index contributed by atoms with van der Waals surface area (Å²) in [6.45, 7) is 8.83. The lowest BCUT2D eigenvalue weighted by molar-refractivity contribution is -0.393. The Labute approximate surface area is 106 Å². The van der Waals surface area contributed by atoms with Crippen LogP contribution in [0.5, 0.6) is 0 Å². The molecule has 7 nitrogen and oxygen atoms in total. The lowest BCUT2D eigenvalue weighted by atomic mass is 10.1. The minimum Gasteiger partial charge on any atom is -0.346 e. The summed E-state index contributed by atoms with van der Waals surface area (Å²) in [5.41, 5.74) is 0. The molecule has 8 heteroatoms. The first-order valence-corrected chi connectivity index (χ1v) is 6.59. The second-order valence-electron chi connectivity index (χ2n) is 3.78. The molecule has 0 aromatic rings. The Morgan fingerprint density at radius 3 is 1.44 bits per heavy atom. The van der Waals surface area contributed by atoms with Crippen LogP contribution in [0.4, 0.5) is 0 Å². The van der Waals surface area contributed by atoms with Gasteiger partial charge in [0.05, 0.1) is 13.2 Å². The monoisotopic (exact) mass is 280 g/mol. The quantitative estimate of drug-likeness (QED) is 0.584. The zero-order valence-corrected chi connectivity index (χ0v) is 10.6. The molecule has 2 unspecified atom stereocenters. The van der Waals surface area contributed by atoms with Crippen molar-refractivity contribution < 1.29 is 31.7 Å². The highest BCUT2D eigenvalue weighted by Crippen LogP contribution is 2.39. The van der Waals surface area contributed by atoms with Crippen LogP contribution in [-0.2, 0) is 24.6 Å². The van der Waals surface area contributed by atoms with Crippen molar-refractivity contribution in [2.24, 2.45) is 0 Å². The van der Waals surface area contributed by atoms with Crippen molar-refractivity contribution in [2.75, 3.05) is 13.2 Å². The fraction of sp³-hybridized carbons (Fsp3) is 0.600. The molecule has 0 aromatic heterocycles. The summed E-state index contributed by atoms with van der Waals surface area (Å²) in [6.07, 6.45) is 5.05. The van der Waals surface area contributed by atoms with E-state index in [1.165, 1.54) is 0 Å². The number of hydrogen-bond acceptors (Lipinski definition) is 5. The number of hydrogen-bond donors (Lipinski definition) is 2. The van der Waals surface area contributed by atoms with Crippen LogP contribution in [0.3, 0.4) is 0 Å². The molecule has 2 rings (SSSR count). The predicted octanol–water partition coefficient (Wildman–Crippen LogP) is 0.955. The third kappa shape index (κ3) is 4.16. The van der Waals surface area contributed by atoms with Crippen LogP contribution in [0.1, 0.15) is 12.8 Å². The van der Waals surface area contributed by atoms with Gasteiger partial charge in [-0.05, 0) is 12.2 Å². The molecule has 2 saturated heterocycles. The molecule has 2 N–H and O–H groups in total. The van der Waals surface area contributed by atoms with E-state index in [9.17, 15) is 0 Å². The van der Waals surface area contributed by atoms with Crippen molar-refractivity contribution in [1.82, 2.24) is 0 Å². The Bertz CT molecular complexity index is 374. The summed E-state index contributed by atoms with van der Waals surface area (Å²) in [4.78, 5) is 0. The molecule has 0 amide bonds. The molecule has 18 heavy (non-hydrogen) atoms. The Morgan fingerprint density at radius 2 is 1.33 bits per heavy atom. The second-order valence-corrected chi connectivity index (χ2v) is 4.67. The molecule has 2 aliphatic heterocycles. The van der Waals surface area contributed by atoms with E-state index in [0.717, 1.165) is 26.1 Å². The fourth-order valence-corrected chi connectivity index (χ4v) is 1.47. The minimum absolute atomic E-state index is 0.630. The third-order valence-electron chi connectivity index (χ3n) is 2.56. The largest absolute Gasteiger partial charge is 0.394 e. The standard InChI is InChI=1S/C10H14O3.H2O4S/c1-3-9(5-7-11-9)13-10(4-2)6-8-12-10;1-5(2,3)4/h3-4H,1-2,5-8H2;(H2,1,2,3,4). The summed E-state index contributed by atoms with van der Waals surface area (Å²) in [5.74, 6) is -1.26. The minimum atomic E-state index is -4.67. The molecule has 2 heterocycles. The molecule has 0 radical (unpaired) electrons. The fourth-order valence-electron chi connectivity index (χ4n) is 1.47. The van der Waals surface area contributed by atoms with Crippen molar-refractivity contribution in [3.63, 3.8) is 0 Å². The third-order valence-corrected chi connectivity index (χ3v) is 2.56. The maximum absolute atomic E-state index is 8.74. The van der Waals surface area contributed by atoms with Crippen molar-refractivity contribution in [3.8, 4) is 0 Å². The molecule has 2 aliphatic rings. The van der Waals surface area contributed by atoms with Gasteiger partial charge in [0.2, 0.25) is 0 Å². The number of rotatable bonds is 4. The van der Waals surface area contributed by atoms with Gasteiger partial charge in [0.15, 0.2) is 11.6 Å². The van der Waals surface area contributed by atoms with Gasteiger partial charge in [0.1, 0.15) is 0 Å². The second kappa shape index (κ2) is 5.47. The molecule has 104 valence electrons. The van der Waals surface area contributed by atoms with Gasteiger partial charge in [0.25, 0.3) is 0 Å². The van der Waals surface area contributed by atoms with Crippen LogP contribution in [-0.4, -0.2) is 42.3 Å². The van der Waals surface area contributed by atoms with Gasteiger partial charge in [-0.2, -0.15) is 8.42 Å². The smallest absolute Gasteiger partial charge is 0.346 e. The van der Waals surface area contributed by atoms with Crippen molar-refractivity contribution in [2.45, 2.75) is 24.4 Å². The first-order valence-electron chi connectivity index (χ1n) is 5.19. The van der Waals surface area contributed by atoms with Gasteiger partial charge in [-0.15, -0.1) is 0 Å². The average molecular weight is 280 g/mol. The van der Waals surface area contributed by atoms with E-state index in [1.807, 2.05) is 0 Å². The van der Waals surface area contributed by atoms with E-state index in [4.69, 9.17) is 31.7 Å². The van der Waals surface area contributed by atoms with Gasteiger partial charge >= 0.3 is 10.4 Å². The molecule has 2 atom stereocenters. The highest BCUT2D eigenvalue weighted by Gasteiger charge is 2.47. The van der Waals surface area contributed by atoms with E-state index >= 15 is 0 Å². The topological polar surface area (TPSA) is 102 Å². The summed E-state index contributed by atoms with van der Waals surface area (Å²) in [7, 11) is -4.67. The Morgan fingerprint density at radius 1 is 1.06 bits per heavy atom. The van der Waals surface area contributed by atoms with Crippen LogP contribution >= 0.6 is 0 Å². The van der Waals surface area contributed by atoms with E-state index in [1.54, 1.807) is 12.2 Å². The zero-order valence-electron chi connectivity index (χ0n) is 9.74. The Kier molecular flexibility index (Phi) is 4.65. The predicted molar refractivity (Wildman–Crippen MR) is 62.3 cm³/mol. The number of ether oxygens (including phenoxy) is 3. The van der Waals surface area contributed by atoms with Crippen molar-refractivity contribution in [1.29, 1.82) is 0 Å². The van der Waals surface area contributed by atoms with Gasteiger partial charge in [-0.1, -0.05) is 13.2 Å². The van der Waals surface area contributed by atoms with E-state index in [0.29, 0.717) is 0 Å². The highest BCUT2D eigenvalue weighted by atomic mass is 32.3. The van der Waals surface area contributed by atoms with E-state index < -0.39 is 22.0 Å². The molecule has 0 aromatic carbocycles. The first kappa shape index (κ1) is 15.3. The Balaban J connectivity index is 0.000000280. The van der Waals surface area contributed by atoms with Crippen LogP contribution < -0.4 is 0 Å². The molecular weight excluding hydrogens is 264 g/mol. The maximum Gasteiger partial charge on any atom is 0.394 e. The normalized spacial score (nSPS) is 34.3. The zero-order chi connectivity index (χ0) is 13.9. The van der Waals surface area contributed by atoms with Gasteiger partial charge < -0.3 is 14.2 Å². The lowest BCUT2D eigenvalue weighted by Gasteiger charge is -2.48. The van der Waals surface area contributed by atoms with E-state index in [-0.39, 0.29) is 0 Å². The highest BCUT2D eigenvalue weighted by molar-refractivity contribution is 7.79. The summed E-state index contributed by atoms with van der Waals surface area (Å²) < 4.78 is 48.0. The Hall–Kier alpha value is -0.770. The summed E-state index contributed by atoms with van der Waals surface area (Å²) in [5, 5.41) is 0. The first-order chi connectivity index (χ1) is 8.24. The van der Waals surface area contributed by atoms with Gasteiger partial charge in [-0.3, -0.25) is 9.11 Å². The molecular formula is C10H16O7S. The van der Waals surface area contributed by atoms with Crippen molar-refractivity contribution in [3.05, 3.63) is 25.3 Å². The molecule has 0 aliphatic carbocycles. The van der Waals surface area contributed by atoms with Crippen molar-refractivity contribution >= 4 is 10.4 Å². The summed E-state index contributed by atoms with van der Waals surface area (Å²) in [6, 6.07) is 0. The SMILES string of the molecule is C=CC1(OC2(C=C)CCO2)CCO1.O=S(=O)(O)O. The summed E-state index contributed by atoms with van der Waals surface area (Å²) >= 11 is 0. The molecule has 0 bridgehead atoms. The molecule has 0 spiro atoms. The van der Waals surface area contributed by atoms with Gasteiger partial charge in [-0.25, -0.2) is 0 Å². The maximum atomic E-state index is 8.74.